The van der Waals surface area contributed by atoms with Gasteiger partial charge >= 0.3 is 0 Å². The average Bonchev–Trinajstić information content (AvgIpc) is 3.15. The van der Waals surface area contributed by atoms with Gasteiger partial charge in [-0.15, -0.1) is 0 Å². The summed E-state index contributed by atoms with van der Waals surface area (Å²) in [6.45, 7) is 2.00. The Morgan fingerprint density at radius 1 is 1.33 bits per heavy atom. The molecule has 1 saturated carbocycles. The molecule has 0 spiro atoms. The topological polar surface area (TPSA) is 97.1 Å². The van der Waals surface area contributed by atoms with Gasteiger partial charge in [0.25, 0.3) is 0 Å². The van der Waals surface area contributed by atoms with Crippen LogP contribution in [-0.2, 0) is 16.6 Å². The molecule has 8 heteroatoms. The Balaban J connectivity index is 1.78. The summed E-state index contributed by atoms with van der Waals surface area (Å²) >= 11 is 0. The molecule has 112 valence electrons. The summed E-state index contributed by atoms with van der Waals surface area (Å²) in [5.41, 5.74) is 0.521. The number of sulfonamides is 1. The molecular weight excluding hydrogens is 292 g/mol. The molecule has 0 amide bonds. The molecule has 0 aliphatic heterocycles. The van der Waals surface area contributed by atoms with E-state index in [1.165, 1.54) is 0 Å². The standard InChI is InChI=1S/C13H16N4O3S/c1-9-15-13(16-20-9)8-14-11-4-2-3-5-12(11)21(18,19)17-10-6-7-10/h2-5,10,14,17H,6-8H2,1H3. The third kappa shape index (κ3) is 3.40. The van der Waals surface area contributed by atoms with Crippen LogP contribution in [0.2, 0.25) is 0 Å². The Bertz CT molecular complexity index is 737. The van der Waals surface area contributed by atoms with Gasteiger partial charge in [0, 0.05) is 13.0 Å². The first-order valence-electron chi connectivity index (χ1n) is 6.69. The van der Waals surface area contributed by atoms with Crippen molar-refractivity contribution in [3.63, 3.8) is 0 Å². The second-order valence-electron chi connectivity index (χ2n) is 4.97. The maximum Gasteiger partial charge on any atom is 0.242 e. The Morgan fingerprint density at radius 2 is 2.10 bits per heavy atom. The number of aryl methyl sites for hydroxylation is 1. The lowest BCUT2D eigenvalue weighted by Gasteiger charge is -2.11. The summed E-state index contributed by atoms with van der Waals surface area (Å²) in [6, 6.07) is 6.84. The van der Waals surface area contributed by atoms with Gasteiger partial charge in [0.2, 0.25) is 15.9 Å². The molecule has 1 aromatic carbocycles. The number of hydrogen-bond donors (Lipinski definition) is 2. The largest absolute Gasteiger partial charge is 0.377 e. The predicted octanol–water partition coefficient (Wildman–Crippen LogP) is 1.43. The lowest BCUT2D eigenvalue weighted by atomic mass is 10.3. The molecule has 0 unspecified atom stereocenters. The molecule has 0 bridgehead atoms. The fourth-order valence-electron chi connectivity index (χ4n) is 1.92. The van der Waals surface area contributed by atoms with E-state index in [-0.39, 0.29) is 10.9 Å². The van der Waals surface area contributed by atoms with Crippen LogP contribution in [0.5, 0.6) is 0 Å². The van der Waals surface area contributed by atoms with Crippen LogP contribution < -0.4 is 10.0 Å². The first-order chi connectivity index (χ1) is 10.0. The summed E-state index contributed by atoms with van der Waals surface area (Å²) in [5.74, 6) is 0.956. The zero-order valence-corrected chi connectivity index (χ0v) is 12.4. The highest BCUT2D eigenvalue weighted by atomic mass is 32.2. The summed E-state index contributed by atoms with van der Waals surface area (Å²) in [5, 5.41) is 6.81. The Kier molecular flexibility index (Phi) is 3.64. The SMILES string of the molecule is Cc1nc(CNc2ccccc2S(=O)(=O)NC2CC2)no1. The summed E-state index contributed by atoms with van der Waals surface area (Å²) < 4.78 is 32.2. The van der Waals surface area contributed by atoms with Gasteiger partial charge in [-0.05, 0) is 25.0 Å². The lowest BCUT2D eigenvalue weighted by molar-refractivity contribution is 0.388. The molecule has 21 heavy (non-hydrogen) atoms. The van der Waals surface area contributed by atoms with Crippen molar-refractivity contribution in [3.05, 3.63) is 36.0 Å². The molecule has 1 aliphatic carbocycles. The normalized spacial score (nSPS) is 15.1. The zero-order valence-electron chi connectivity index (χ0n) is 11.5. The Labute approximate surface area is 122 Å². The van der Waals surface area contributed by atoms with Crippen molar-refractivity contribution in [1.82, 2.24) is 14.9 Å². The van der Waals surface area contributed by atoms with E-state index in [2.05, 4.69) is 20.2 Å². The van der Waals surface area contributed by atoms with Gasteiger partial charge in [0.15, 0.2) is 5.82 Å². The number of nitrogens with one attached hydrogen (secondary N) is 2. The molecule has 1 aromatic heterocycles. The van der Waals surface area contributed by atoms with Crippen molar-refractivity contribution in [3.8, 4) is 0 Å². The van der Waals surface area contributed by atoms with Gasteiger partial charge < -0.3 is 9.84 Å². The molecule has 7 nitrogen and oxygen atoms in total. The highest BCUT2D eigenvalue weighted by Gasteiger charge is 2.29. The van der Waals surface area contributed by atoms with Crippen molar-refractivity contribution in [2.75, 3.05) is 5.32 Å². The molecular formula is C13H16N4O3S. The van der Waals surface area contributed by atoms with Crippen molar-refractivity contribution >= 4 is 15.7 Å². The second kappa shape index (κ2) is 5.45. The number of rotatable bonds is 6. The van der Waals surface area contributed by atoms with Crippen LogP contribution in [-0.4, -0.2) is 24.6 Å². The molecule has 2 N–H and O–H groups in total. The van der Waals surface area contributed by atoms with Crippen molar-refractivity contribution < 1.29 is 12.9 Å². The first-order valence-corrected chi connectivity index (χ1v) is 8.17. The van der Waals surface area contributed by atoms with E-state index in [0.29, 0.717) is 23.9 Å². The fourth-order valence-corrected chi connectivity index (χ4v) is 3.41. The fraction of sp³-hybridized carbons (Fsp3) is 0.385. The van der Waals surface area contributed by atoms with E-state index in [1.54, 1.807) is 31.2 Å². The monoisotopic (exact) mass is 308 g/mol. The van der Waals surface area contributed by atoms with E-state index < -0.39 is 10.0 Å². The number of hydrogen-bond acceptors (Lipinski definition) is 6. The molecule has 2 aromatic rings. The van der Waals surface area contributed by atoms with E-state index in [1.807, 2.05) is 0 Å². The minimum absolute atomic E-state index is 0.0721. The van der Waals surface area contributed by atoms with E-state index in [0.717, 1.165) is 12.8 Å². The summed E-state index contributed by atoms with van der Waals surface area (Å²) in [7, 11) is -3.50. The van der Waals surface area contributed by atoms with Gasteiger partial charge in [-0.1, -0.05) is 17.3 Å². The summed E-state index contributed by atoms with van der Waals surface area (Å²) in [6.07, 6.45) is 1.80. The van der Waals surface area contributed by atoms with E-state index in [9.17, 15) is 8.42 Å². The van der Waals surface area contributed by atoms with Crippen molar-refractivity contribution in [2.45, 2.75) is 37.2 Å². The number of para-hydroxylation sites is 1. The maximum absolute atomic E-state index is 12.3. The number of benzene rings is 1. The second-order valence-corrected chi connectivity index (χ2v) is 6.66. The average molecular weight is 308 g/mol. The van der Waals surface area contributed by atoms with Gasteiger partial charge in [-0.2, -0.15) is 4.98 Å². The quantitative estimate of drug-likeness (QED) is 0.838. The van der Waals surface area contributed by atoms with Crippen molar-refractivity contribution in [1.29, 1.82) is 0 Å². The predicted molar refractivity (Wildman–Crippen MR) is 76.1 cm³/mol. The van der Waals surface area contributed by atoms with Crippen LogP contribution in [0.3, 0.4) is 0 Å². The molecule has 3 rings (SSSR count). The van der Waals surface area contributed by atoms with Crippen LogP contribution in [0, 0.1) is 6.92 Å². The Hall–Kier alpha value is -1.93. The molecule has 0 saturated heterocycles. The van der Waals surface area contributed by atoms with Gasteiger partial charge in [-0.3, -0.25) is 0 Å². The van der Waals surface area contributed by atoms with Crippen LogP contribution >= 0.6 is 0 Å². The molecule has 1 heterocycles. The van der Waals surface area contributed by atoms with E-state index >= 15 is 0 Å². The minimum Gasteiger partial charge on any atom is -0.377 e. The van der Waals surface area contributed by atoms with Crippen LogP contribution in [0.1, 0.15) is 24.6 Å². The molecule has 1 aliphatic rings. The van der Waals surface area contributed by atoms with E-state index in [4.69, 9.17) is 4.52 Å². The highest BCUT2D eigenvalue weighted by molar-refractivity contribution is 7.89. The smallest absolute Gasteiger partial charge is 0.242 e. The molecule has 1 fully saturated rings. The minimum atomic E-state index is -3.50. The first kappa shape index (κ1) is 14.0. The summed E-state index contributed by atoms with van der Waals surface area (Å²) in [4.78, 5) is 4.30. The molecule has 0 atom stereocenters. The lowest BCUT2D eigenvalue weighted by Crippen LogP contribution is -2.26. The highest BCUT2D eigenvalue weighted by Crippen LogP contribution is 2.26. The van der Waals surface area contributed by atoms with Crippen molar-refractivity contribution in [2.24, 2.45) is 0 Å². The van der Waals surface area contributed by atoms with Gasteiger partial charge in [-0.25, -0.2) is 13.1 Å². The third-order valence-electron chi connectivity index (χ3n) is 3.08. The van der Waals surface area contributed by atoms with Crippen LogP contribution in [0.15, 0.2) is 33.7 Å². The maximum atomic E-state index is 12.3. The number of aromatic nitrogens is 2. The van der Waals surface area contributed by atoms with Crippen LogP contribution in [0.25, 0.3) is 0 Å². The van der Waals surface area contributed by atoms with Gasteiger partial charge in [0.1, 0.15) is 4.90 Å². The third-order valence-corrected chi connectivity index (χ3v) is 4.66. The molecule has 0 radical (unpaired) electrons. The Morgan fingerprint density at radius 3 is 2.76 bits per heavy atom. The zero-order chi connectivity index (χ0) is 14.9. The van der Waals surface area contributed by atoms with Crippen LogP contribution in [0.4, 0.5) is 5.69 Å². The van der Waals surface area contributed by atoms with Gasteiger partial charge in [0.05, 0.1) is 12.2 Å². The number of nitrogens with zero attached hydrogens (tertiary/aromatic N) is 2. The number of anilines is 1.